The molecule has 0 aliphatic carbocycles. The number of carbonyl (C=O) groups is 1. The van der Waals surface area contributed by atoms with Crippen molar-refractivity contribution in [2.45, 2.75) is 40.2 Å². The molecule has 1 aromatic carbocycles. The SMILES string of the molecule is CCCc1nc2c(N)nc3ccccc3c2n1CC(C)(C)C(=O)N1CCOCC1. The Hall–Kier alpha value is -2.67. The molecule has 0 radical (unpaired) electrons. The predicted octanol–water partition coefficient (Wildman–Crippen LogP) is 3.00. The molecule has 154 valence electrons. The molecule has 1 amide bonds. The van der Waals surface area contributed by atoms with Crippen LogP contribution in [0, 0.1) is 5.41 Å². The number of nitrogens with two attached hydrogens (primary N) is 1. The van der Waals surface area contributed by atoms with E-state index in [1.807, 2.05) is 36.9 Å². The van der Waals surface area contributed by atoms with Gasteiger partial charge < -0.3 is 19.9 Å². The number of carbonyl (C=O) groups excluding carboxylic acids is 1. The molecule has 1 aliphatic heterocycles. The number of nitrogens with zero attached hydrogens (tertiary/aromatic N) is 4. The number of rotatable bonds is 5. The van der Waals surface area contributed by atoms with Crippen LogP contribution in [0.15, 0.2) is 24.3 Å². The molecule has 3 aromatic rings. The quantitative estimate of drug-likeness (QED) is 0.718. The van der Waals surface area contributed by atoms with Crippen LogP contribution in [0.5, 0.6) is 0 Å². The highest BCUT2D eigenvalue weighted by Gasteiger charge is 2.34. The molecule has 3 heterocycles. The van der Waals surface area contributed by atoms with Gasteiger partial charge in [0.25, 0.3) is 0 Å². The zero-order chi connectivity index (χ0) is 20.6. The van der Waals surface area contributed by atoms with Crippen LogP contribution in [0.25, 0.3) is 21.9 Å². The molecule has 4 rings (SSSR count). The Labute approximate surface area is 170 Å². The van der Waals surface area contributed by atoms with Crippen molar-refractivity contribution < 1.29 is 9.53 Å². The predicted molar refractivity (Wildman–Crippen MR) is 115 cm³/mol. The Morgan fingerprint density at radius 2 is 1.93 bits per heavy atom. The number of benzene rings is 1. The molecule has 0 bridgehead atoms. The lowest BCUT2D eigenvalue weighted by molar-refractivity contribution is -0.145. The van der Waals surface area contributed by atoms with Crippen molar-refractivity contribution in [1.29, 1.82) is 0 Å². The second-order valence-electron chi connectivity index (χ2n) is 8.36. The summed E-state index contributed by atoms with van der Waals surface area (Å²) in [7, 11) is 0. The smallest absolute Gasteiger partial charge is 0.230 e. The van der Waals surface area contributed by atoms with E-state index in [-0.39, 0.29) is 5.91 Å². The molecule has 1 saturated heterocycles. The number of hydrogen-bond acceptors (Lipinski definition) is 5. The van der Waals surface area contributed by atoms with Crippen molar-refractivity contribution in [3.8, 4) is 0 Å². The molecule has 1 aliphatic rings. The van der Waals surface area contributed by atoms with Crippen molar-refractivity contribution >= 4 is 33.7 Å². The minimum atomic E-state index is -0.577. The second kappa shape index (κ2) is 7.63. The topological polar surface area (TPSA) is 86.3 Å². The van der Waals surface area contributed by atoms with E-state index in [0.717, 1.165) is 40.6 Å². The van der Waals surface area contributed by atoms with Crippen molar-refractivity contribution in [2.75, 3.05) is 32.0 Å². The number of fused-ring (bicyclic) bond motifs is 3. The summed E-state index contributed by atoms with van der Waals surface area (Å²) in [6.07, 6.45) is 1.79. The number of aromatic nitrogens is 3. The van der Waals surface area contributed by atoms with E-state index >= 15 is 0 Å². The van der Waals surface area contributed by atoms with Gasteiger partial charge in [0.15, 0.2) is 5.82 Å². The zero-order valence-electron chi connectivity index (χ0n) is 17.4. The highest BCUT2D eigenvalue weighted by molar-refractivity contribution is 6.06. The maximum Gasteiger partial charge on any atom is 0.230 e. The molecule has 7 nitrogen and oxygen atoms in total. The minimum Gasteiger partial charge on any atom is -0.382 e. The number of morpholine rings is 1. The summed E-state index contributed by atoms with van der Waals surface area (Å²) in [5.74, 6) is 1.54. The zero-order valence-corrected chi connectivity index (χ0v) is 17.4. The number of aryl methyl sites for hydroxylation is 1. The van der Waals surface area contributed by atoms with E-state index in [1.54, 1.807) is 0 Å². The summed E-state index contributed by atoms with van der Waals surface area (Å²) < 4.78 is 7.60. The van der Waals surface area contributed by atoms with Crippen LogP contribution >= 0.6 is 0 Å². The molecule has 0 spiro atoms. The van der Waals surface area contributed by atoms with E-state index < -0.39 is 5.41 Å². The van der Waals surface area contributed by atoms with E-state index in [4.69, 9.17) is 15.5 Å². The van der Waals surface area contributed by atoms with Crippen molar-refractivity contribution in [1.82, 2.24) is 19.4 Å². The Morgan fingerprint density at radius 3 is 2.66 bits per heavy atom. The van der Waals surface area contributed by atoms with Gasteiger partial charge >= 0.3 is 0 Å². The number of pyridine rings is 1. The fraction of sp³-hybridized carbons (Fsp3) is 0.500. The fourth-order valence-electron chi connectivity index (χ4n) is 4.15. The first kappa shape index (κ1) is 19.6. The summed E-state index contributed by atoms with van der Waals surface area (Å²) in [6.45, 7) is 9.20. The molecule has 29 heavy (non-hydrogen) atoms. The molecule has 0 unspecified atom stereocenters. The van der Waals surface area contributed by atoms with Crippen LogP contribution in [0.4, 0.5) is 5.82 Å². The van der Waals surface area contributed by atoms with Gasteiger partial charge in [-0.1, -0.05) is 25.1 Å². The lowest BCUT2D eigenvalue weighted by Crippen LogP contribution is -2.48. The van der Waals surface area contributed by atoms with E-state index in [9.17, 15) is 4.79 Å². The van der Waals surface area contributed by atoms with Crippen LogP contribution in [0.2, 0.25) is 0 Å². The van der Waals surface area contributed by atoms with Gasteiger partial charge in [-0.3, -0.25) is 4.79 Å². The van der Waals surface area contributed by atoms with Gasteiger partial charge in [0.2, 0.25) is 5.91 Å². The number of para-hydroxylation sites is 1. The van der Waals surface area contributed by atoms with Gasteiger partial charge in [0, 0.05) is 31.4 Å². The summed E-state index contributed by atoms with van der Waals surface area (Å²) in [6, 6.07) is 7.97. The highest BCUT2D eigenvalue weighted by atomic mass is 16.5. The normalized spacial score (nSPS) is 15.3. The number of imidazole rings is 1. The first-order valence-corrected chi connectivity index (χ1v) is 10.3. The lowest BCUT2D eigenvalue weighted by atomic mass is 9.90. The molecule has 7 heteroatoms. The molecule has 2 aromatic heterocycles. The van der Waals surface area contributed by atoms with Gasteiger partial charge in [0.1, 0.15) is 11.3 Å². The standard InChI is InChI=1S/C22H29N5O2/c1-4-7-17-25-18-19(15-8-5-6-9-16(15)24-20(18)23)27(17)14-22(2,3)21(28)26-10-12-29-13-11-26/h5-6,8-9H,4,7,10-14H2,1-3H3,(H2,23,24). The monoisotopic (exact) mass is 395 g/mol. The van der Waals surface area contributed by atoms with Gasteiger partial charge in [-0.15, -0.1) is 0 Å². The van der Waals surface area contributed by atoms with Crippen LogP contribution < -0.4 is 5.73 Å². The number of ether oxygens (including phenoxy) is 1. The van der Waals surface area contributed by atoms with E-state index in [1.165, 1.54) is 0 Å². The maximum absolute atomic E-state index is 13.3. The third kappa shape index (κ3) is 3.55. The van der Waals surface area contributed by atoms with E-state index in [2.05, 4.69) is 22.5 Å². The first-order chi connectivity index (χ1) is 13.9. The largest absolute Gasteiger partial charge is 0.382 e. The molecule has 2 N–H and O–H groups in total. The van der Waals surface area contributed by atoms with Gasteiger partial charge in [-0.05, 0) is 26.3 Å². The average Bonchev–Trinajstić information content (AvgIpc) is 3.07. The molecule has 1 fully saturated rings. The lowest BCUT2D eigenvalue weighted by Gasteiger charge is -2.34. The first-order valence-electron chi connectivity index (χ1n) is 10.3. The number of anilines is 1. The van der Waals surface area contributed by atoms with Crippen molar-refractivity contribution in [2.24, 2.45) is 5.41 Å². The Bertz CT molecular complexity index is 1050. The summed E-state index contributed by atoms with van der Waals surface area (Å²) in [5.41, 5.74) is 8.23. The number of amides is 1. The van der Waals surface area contributed by atoms with Crippen LogP contribution in [-0.2, 0) is 22.5 Å². The van der Waals surface area contributed by atoms with Crippen LogP contribution in [-0.4, -0.2) is 51.6 Å². The fourth-order valence-corrected chi connectivity index (χ4v) is 4.15. The summed E-state index contributed by atoms with van der Waals surface area (Å²) in [4.78, 5) is 24.6. The van der Waals surface area contributed by atoms with E-state index in [0.29, 0.717) is 38.7 Å². The molecule has 0 atom stereocenters. The second-order valence-corrected chi connectivity index (χ2v) is 8.36. The molecular formula is C22H29N5O2. The van der Waals surface area contributed by atoms with Gasteiger partial charge in [-0.25, -0.2) is 9.97 Å². The highest BCUT2D eigenvalue weighted by Crippen LogP contribution is 2.32. The third-order valence-electron chi connectivity index (χ3n) is 5.59. The maximum atomic E-state index is 13.3. The third-order valence-corrected chi connectivity index (χ3v) is 5.59. The number of hydrogen-bond donors (Lipinski definition) is 1. The molecular weight excluding hydrogens is 366 g/mol. The summed E-state index contributed by atoms with van der Waals surface area (Å²) >= 11 is 0. The molecule has 0 saturated carbocycles. The Balaban J connectivity index is 1.83. The number of nitrogen functional groups attached to an aromatic ring is 1. The Morgan fingerprint density at radius 1 is 1.21 bits per heavy atom. The Kier molecular flexibility index (Phi) is 5.17. The van der Waals surface area contributed by atoms with Crippen molar-refractivity contribution in [3.63, 3.8) is 0 Å². The van der Waals surface area contributed by atoms with Gasteiger partial charge in [-0.2, -0.15) is 0 Å². The average molecular weight is 396 g/mol. The minimum absolute atomic E-state index is 0.149. The van der Waals surface area contributed by atoms with Crippen LogP contribution in [0.3, 0.4) is 0 Å². The van der Waals surface area contributed by atoms with Gasteiger partial charge in [0.05, 0.1) is 29.7 Å². The summed E-state index contributed by atoms with van der Waals surface area (Å²) in [5, 5.41) is 1.01. The van der Waals surface area contributed by atoms with Crippen molar-refractivity contribution in [3.05, 3.63) is 30.1 Å². The van der Waals surface area contributed by atoms with Crippen LogP contribution in [0.1, 0.15) is 33.0 Å².